The molecule has 1 aliphatic rings. The van der Waals surface area contributed by atoms with Gasteiger partial charge in [0.25, 0.3) is 0 Å². The zero-order valence-electron chi connectivity index (χ0n) is 10.4. The van der Waals surface area contributed by atoms with Gasteiger partial charge in [-0.1, -0.05) is 0 Å². The molecule has 3 nitrogen and oxygen atoms in total. The first kappa shape index (κ1) is 12.7. The van der Waals surface area contributed by atoms with Crippen molar-refractivity contribution in [3.63, 3.8) is 0 Å². The Hall–Kier alpha value is -1.76. The summed E-state index contributed by atoms with van der Waals surface area (Å²) in [6, 6.07) is 7.27. The summed E-state index contributed by atoms with van der Waals surface area (Å²) in [4.78, 5) is 0. The SMILES string of the molecule is CCOc1ccc(NC2CCCC2C#N)cc1F. The van der Waals surface area contributed by atoms with Gasteiger partial charge < -0.3 is 10.1 Å². The number of nitrogens with zero attached hydrogens (tertiary/aromatic N) is 1. The Kier molecular flexibility index (Phi) is 4.03. The van der Waals surface area contributed by atoms with Crippen LogP contribution >= 0.6 is 0 Å². The van der Waals surface area contributed by atoms with Crippen LogP contribution < -0.4 is 10.1 Å². The maximum Gasteiger partial charge on any atom is 0.167 e. The molecule has 0 spiro atoms. The van der Waals surface area contributed by atoms with E-state index >= 15 is 0 Å². The Balaban J connectivity index is 2.06. The predicted octanol–water partition coefficient (Wildman–Crippen LogP) is 3.33. The van der Waals surface area contributed by atoms with E-state index < -0.39 is 0 Å². The van der Waals surface area contributed by atoms with E-state index in [1.165, 1.54) is 6.07 Å². The van der Waals surface area contributed by atoms with Crippen molar-refractivity contribution in [3.05, 3.63) is 24.0 Å². The summed E-state index contributed by atoms with van der Waals surface area (Å²) in [7, 11) is 0. The summed E-state index contributed by atoms with van der Waals surface area (Å²) in [5, 5.41) is 12.2. The minimum absolute atomic E-state index is 0.0274. The average molecular weight is 248 g/mol. The number of nitrogens with one attached hydrogen (secondary N) is 1. The smallest absolute Gasteiger partial charge is 0.167 e. The Morgan fingerprint density at radius 1 is 1.50 bits per heavy atom. The molecular weight excluding hydrogens is 231 g/mol. The van der Waals surface area contributed by atoms with Gasteiger partial charge in [0.05, 0.1) is 18.6 Å². The first-order valence-electron chi connectivity index (χ1n) is 6.33. The average Bonchev–Trinajstić information content (AvgIpc) is 2.80. The lowest BCUT2D eigenvalue weighted by atomic mass is 10.1. The van der Waals surface area contributed by atoms with Crippen LogP contribution in [0.1, 0.15) is 26.2 Å². The highest BCUT2D eigenvalue weighted by Crippen LogP contribution is 2.29. The van der Waals surface area contributed by atoms with Crippen LogP contribution in [0.5, 0.6) is 5.75 Å². The molecule has 18 heavy (non-hydrogen) atoms. The Morgan fingerprint density at radius 2 is 2.33 bits per heavy atom. The Morgan fingerprint density at radius 3 is 3.00 bits per heavy atom. The highest BCUT2D eigenvalue weighted by molar-refractivity contribution is 5.48. The molecular formula is C14H17FN2O. The van der Waals surface area contributed by atoms with Crippen LogP contribution in [0.4, 0.5) is 10.1 Å². The van der Waals surface area contributed by atoms with Crippen molar-refractivity contribution in [3.8, 4) is 11.8 Å². The maximum atomic E-state index is 13.7. The van der Waals surface area contributed by atoms with E-state index in [1.807, 2.05) is 6.92 Å². The summed E-state index contributed by atoms with van der Waals surface area (Å²) in [5.41, 5.74) is 0.711. The minimum atomic E-state index is -0.367. The van der Waals surface area contributed by atoms with E-state index in [-0.39, 0.29) is 23.5 Å². The fraction of sp³-hybridized carbons (Fsp3) is 0.500. The number of halogens is 1. The zero-order chi connectivity index (χ0) is 13.0. The van der Waals surface area contributed by atoms with Crippen molar-refractivity contribution < 1.29 is 9.13 Å². The molecule has 1 fully saturated rings. The van der Waals surface area contributed by atoms with Crippen LogP contribution in [0.25, 0.3) is 0 Å². The normalized spacial score (nSPS) is 22.5. The number of rotatable bonds is 4. The molecule has 1 aromatic carbocycles. The number of hydrogen-bond donors (Lipinski definition) is 1. The van der Waals surface area contributed by atoms with Gasteiger partial charge in [0.2, 0.25) is 0 Å². The van der Waals surface area contributed by atoms with Crippen molar-refractivity contribution >= 4 is 5.69 Å². The second-order valence-corrected chi connectivity index (χ2v) is 4.50. The summed E-state index contributed by atoms with van der Waals surface area (Å²) < 4.78 is 18.8. The summed E-state index contributed by atoms with van der Waals surface area (Å²) in [6.07, 6.45) is 2.94. The molecule has 1 N–H and O–H groups in total. The van der Waals surface area contributed by atoms with Gasteiger partial charge in [-0.15, -0.1) is 0 Å². The molecule has 2 rings (SSSR count). The van der Waals surface area contributed by atoms with Gasteiger partial charge in [0, 0.05) is 17.8 Å². The maximum absolute atomic E-state index is 13.7. The topological polar surface area (TPSA) is 45.0 Å². The van der Waals surface area contributed by atoms with Gasteiger partial charge in [-0.05, 0) is 38.3 Å². The fourth-order valence-electron chi connectivity index (χ4n) is 2.36. The predicted molar refractivity (Wildman–Crippen MR) is 67.9 cm³/mol. The van der Waals surface area contributed by atoms with E-state index in [4.69, 9.17) is 10.00 Å². The first-order chi connectivity index (χ1) is 8.74. The number of nitriles is 1. The molecule has 0 aliphatic heterocycles. The molecule has 0 radical (unpaired) electrons. The van der Waals surface area contributed by atoms with Gasteiger partial charge in [0.1, 0.15) is 0 Å². The highest BCUT2D eigenvalue weighted by Gasteiger charge is 2.26. The van der Waals surface area contributed by atoms with E-state index in [2.05, 4.69) is 11.4 Å². The molecule has 1 aromatic rings. The molecule has 2 atom stereocenters. The molecule has 2 unspecified atom stereocenters. The summed E-state index contributed by atoms with van der Waals surface area (Å²) in [5.74, 6) is -0.0701. The highest BCUT2D eigenvalue weighted by atomic mass is 19.1. The molecule has 0 heterocycles. The van der Waals surface area contributed by atoms with E-state index in [0.29, 0.717) is 12.3 Å². The van der Waals surface area contributed by atoms with Crippen LogP contribution in [0.3, 0.4) is 0 Å². The lowest BCUT2D eigenvalue weighted by Crippen LogP contribution is -2.22. The third kappa shape index (κ3) is 2.73. The van der Waals surface area contributed by atoms with Crippen molar-refractivity contribution in [2.45, 2.75) is 32.2 Å². The van der Waals surface area contributed by atoms with Crippen molar-refractivity contribution in [2.75, 3.05) is 11.9 Å². The largest absolute Gasteiger partial charge is 0.491 e. The molecule has 1 saturated carbocycles. The van der Waals surface area contributed by atoms with Crippen molar-refractivity contribution in [2.24, 2.45) is 5.92 Å². The fourth-order valence-corrected chi connectivity index (χ4v) is 2.36. The van der Waals surface area contributed by atoms with Gasteiger partial charge in [-0.2, -0.15) is 5.26 Å². The Labute approximate surface area is 107 Å². The minimum Gasteiger partial charge on any atom is -0.491 e. The Bertz CT molecular complexity index is 456. The van der Waals surface area contributed by atoms with Crippen molar-refractivity contribution in [1.29, 1.82) is 5.26 Å². The molecule has 96 valence electrons. The monoisotopic (exact) mass is 248 g/mol. The molecule has 0 aromatic heterocycles. The molecule has 4 heteroatoms. The second kappa shape index (κ2) is 5.72. The lowest BCUT2D eigenvalue weighted by Gasteiger charge is -2.17. The number of anilines is 1. The number of hydrogen-bond acceptors (Lipinski definition) is 3. The third-order valence-electron chi connectivity index (χ3n) is 3.27. The molecule has 0 amide bonds. The van der Waals surface area contributed by atoms with Gasteiger partial charge >= 0.3 is 0 Å². The van der Waals surface area contributed by atoms with Crippen LogP contribution in [-0.2, 0) is 0 Å². The van der Waals surface area contributed by atoms with Crippen LogP contribution in [0.15, 0.2) is 18.2 Å². The van der Waals surface area contributed by atoms with E-state index in [9.17, 15) is 4.39 Å². The molecule has 1 aliphatic carbocycles. The standard InChI is InChI=1S/C14H17FN2O/c1-2-18-14-7-6-11(8-12(14)15)17-13-5-3-4-10(13)9-16/h6-8,10,13,17H,2-5H2,1H3. The summed E-state index contributed by atoms with van der Waals surface area (Å²) >= 11 is 0. The number of benzene rings is 1. The molecule has 0 bridgehead atoms. The molecule has 0 saturated heterocycles. The van der Waals surface area contributed by atoms with Crippen LogP contribution in [-0.4, -0.2) is 12.6 Å². The van der Waals surface area contributed by atoms with Gasteiger partial charge in [-0.3, -0.25) is 0 Å². The van der Waals surface area contributed by atoms with Gasteiger partial charge in [0.15, 0.2) is 11.6 Å². The van der Waals surface area contributed by atoms with Crippen molar-refractivity contribution in [1.82, 2.24) is 0 Å². The van der Waals surface area contributed by atoms with Crippen LogP contribution in [0, 0.1) is 23.1 Å². The second-order valence-electron chi connectivity index (χ2n) is 4.50. The lowest BCUT2D eigenvalue weighted by molar-refractivity contribution is 0.321. The van der Waals surface area contributed by atoms with E-state index in [1.54, 1.807) is 12.1 Å². The zero-order valence-corrected chi connectivity index (χ0v) is 10.4. The van der Waals surface area contributed by atoms with Crippen LogP contribution in [0.2, 0.25) is 0 Å². The number of ether oxygens (including phenoxy) is 1. The third-order valence-corrected chi connectivity index (χ3v) is 3.27. The van der Waals surface area contributed by atoms with E-state index in [0.717, 1.165) is 19.3 Å². The first-order valence-corrected chi connectivity index (χ1v) is 6.33. The quantitative estimate of drug-likeness (QED) is 0.889. The van der Waals surface area contributed by atoms with Gasteiger partial charge in [-0.25, -0.2) is 4.39 Å². The summed E-state index contributed by atoms with van der Waals surface area (Å²) in [6.45, 7) is 2.27.